The number of aromatic carboxylic acids is 1. The first-order chi connectivity index (χ1) is 12.2. The first-order valence-corrected chi connectivity index (χ1v) is 9.15. The number of benzene rings is 2. The Hall–Kier alpha value is -2.91. The number of fused-ring (bicyclic) bond motifs is 1. The minimum Gasteiger partial charge on any atom is -0.507 e. The summed E-state index contributed by atoms with van der Waals surface area (Å²) in [6.07, 6.45) is 0.0783. The number of nitrogens with one attached hydrogen (secondary N) is 2. The highest BCUT2D eigenvalue weighted by atomic mass is 32.2. The van der Waals surface area contributed by atoms with Crippen LogP contribution in [-0.4, -0.2) is 37.6 Å². The molecule has 4 N–H and O–H groups in total. The minimum absolute atomic E-state index is 0.0783. The van der Waals surface area contributed by atoms with Crippen molar-refractivity contribution in [2.75, 3.05) is 12.4 Å². The topological polar surface area (TPSA) is 133 Å². The molecule has 2 aromatic rings. The van der Waals surface area contributed by atoms with Crippen LogP contribution < -0.4 is 10.0 Å². The van der Waals surface area contributed by atoms with Crippen molar-refractivity contribution in [2.24, 2.45) is 0 Å². The molecule has 1 atom stereocenters. The van der Waals surface area contributed by atoms with Gasteiger partial charge in [0.25, 0.3) is 0 Å². The second-order valence-electron chi connectivity index (χ2n) is 5.84. The zero-order valence-corrected chi connectivity index (χ0v) is 14.5. The molecule has 2 aromatic carbocycles. The fourth-order valence-corrected chi connectivity index (χ4v) is 3.69. The molecule has 0 aromatic heterocycles. The van der Waals surface area contributed by atoms with E-state index in [0.717, 1.165) is 0 Å². The first kappa shape index (κ1) is 17.9. The second-order valence-corrected chi connectivity index (χ2v) is 7.73. The SMILES string of the molecule is CNS(=O)(=O)c1ccc(C2CC(=O)Nc3cc(O)c(C(=O)O)cc32)cc1. The van der Waals surface area contributed by atoms with Gasteiger partial charge in [0.15, 0.2) is 0 Å². The molecule has 8 nitrogen and oxygen atoms in total. The number of carbonyl (C=O) groups is 2. The van der Waals surface area contributed by atoms with Crippen molar-refractivity contribution in [1.29, 1.82) is 0 Å². The molecule has 9 heteroatoms. The number of anilines is 1. The van der Waals surface area contributed by atoms with Crippen molar-refractivity contribution in [3.05, 3.63) is 53.1 Å². The van der Waals surface area contributed by atoms with Gasteiger partial charge in [-0.25, -0.2) is 17.9 Å². The third kappa shape index (κ3) is 3.14. The summed E-state index contributed by atoms with van der Waals surface area (Å²) >= 11 is 0. The zero-order valence-electron chi connectivity index (χ0n) is 13.7. The van der Waals surface area contributed by atoms with Crippen molar-refractivity contribution in [3.63, 3.8) is 0 Å². The van der Waals surface area contributed by atoms with Gasteiger partial charge in [-0.3, -0.25) is 4.79 Å². The molecule has 1 aliphatic rings. The molecule has 0 saturated carbocycles. The maximum Gasteiger partial charge on any atom is 0.339 e. The quantitative estimate of drug-likeness (QED) is 0.639. The van der Waals surface area contributed by atoms with Crippen LogP contribution in [-0.2, 0) is 14.8 Å². The molecule has 26 heavy (non-hydrogen) atoms. The molecule has 1 heterocycles. The van der Waals surface area contributed by atoms with E-state index in [9.17, 15) is 28.2 Å². The predicted octanol–water partition coefficient (Wildman–Crippen LogP) is 1.47. The Morgan fingerprint density at radius 2 is 1.88 bits per heavy atom. The van der Waals surface area contributed by atoms with Crippen molar-refractivity contribution < 1.29 is 28.2 Å². The van der Waals surface area contributed by atoms with Crippen molar-refractivity contribution in [3.8, 4) is 5.75 Å². The Morgan fingerprint density at radius 1 is 1.23 bits per heavy atom. The molecule has 1 amide bonds. The van der Waals surface area contributed by atoms with Gasteiger partial charge >= 0.3 is 5.97 Å². The van der Waals surface area contributed by atoms with Crippen LogP contribution in [0.5, 0.6) is 5.75 Å². The predicted molar refractivity (Wildman–Crippen MR) is 92.8 cm³/mol. The van der Waals surface area contributed by atoms with Crippen molar-refractivity contribution in [1.82, 2.24) is 4.72 Å². The summed E-state index contributed by atoms with van der Waals surface area (Å²) in [5.74, 6) is -2.45. The number of phenols is 1. The Bertz CT molecular complexity index is 999. The molecule has 0 fully saturated rings. The van der Waals surface area contributed by atoms with E-state index in [1.807, 2.05) is 0 Å². The molecule has 0 saturated heterocycles. The van der Waals surface area contributed by atoms with Crippen LogP contribution in [0, 0.1) is 0 Å². The first-order valence-electron chi connectivity index (χ1n) is 7.66. The fraction of sp³-hybridized carbons (Fsp3) is 0.176. The highest BCUT2D eigenvalue weighted by molar-refractivity contribution is 7.89. The van der Waals surface area contributed by atoms with E-state index in [1.54, 1.807) is 12.1 Å². The molecule has 1 unspecified atom stereocenters. The van der Waals surface area contributed by atoms with Gasteiger partial charge < -0.3 is 15.5 Å². The standard InChI is InChI=1S/C17H16N2O6S/c1-18-26(24,25)10-4-2-9(3-5-10)11-7-16(21)19-14-8-15(20)13(17(22)23)6-12(11)14/h2-6,8,11,18,20H,7H2,1H3,(H,19,21)(H,22,23). The van der Waals surface area contributed by atoms with Gasteiger partial charge in [0.05, 0.1) is 4.90 Å². The average molecular weight is 376 g/mol. The third-order valence-electron chi connectivity index (χ3n) is 4.30. The van der Waals surface area contributed by atoms with E-state index in [0.29, 0.717) is 16.8 Å². The summed E-state index contributed by atoms with van der Waals surface area (Å²) < 4.78 is 25.9. The third-order valence-corrected chi connectivity index (χ3v) is 5.73. The van der Waals surface area contributed by atoms with E-state index in [-0.39, 0.29) is 22.8 Å². The second kappa shape index (κ2) is 6.43. The highest BCUT2D eigenvalue weighted by Crippen LogP contribution is 2.40. The van der Waals surface area contributed by atoms with Gasteiger partial charge in [0.1, 0.15) is 11.3 Å². The number of carboxylic acid groups (broad SMARTS) is 1. The number of carboxylic acids is 1. The van der Waals surface area contributed by atoms with Crippen LogP contribution in [0.1, 0.15) is 33.8 Å². The Balaban J connectivity index is 2.08. The largest absolute Gasteiger partial charge is 0.507 e. The van der Waals surface area contributed by atoms with Crippen LogP contribution in [0.4, 0.5) is 5.69 Å². The number of hydrogen-bond donors (Lipinski definition) is 4. The molecule has 3 rings (SSSR count). The average Bonchev–Trinajstić information content (AvgIpc) is 2.60. The van der Waals surface area contributed by atoms with Crippen LogP contribution in [0.3, 0.4) is 0 Å². The molecule has 0 aliphatic carbocycles. The molecular weight excluding hydrogens is 360 g/mol. The van der Waals surface area contributed by atoms with E-state index in [1.165, 1.54) is 31.3 Å². The lowest BCUT2D eigenvalue weighted by atomic mass is 9.84. The van der Waals surface area contributed by atoms with Gasteiger partial charge in [-0.05, 0) is 36.4 Å². The van der Waals surface area contributed by atoms with Gasteiger partial charge in [-0.1, -0.05) is 12.1 Å². The minimum atomic E-state index is -3.58. The van der Waals surface area contributed by atoms with Crippen LogP contribution in [0.2, 0.25) is 0 Å². The summed E-state index contributed by atoms with van der Waals surface area (Å²) in [6, 6.07) is 8.56. The zero-order chi connectivity index (χ0) is 19.1. The normalized spacial score (nSPS) is 16.7. The number of aromatic hydroxyl groups is 1. The lowest BCUT2D eigenvalue weighted by Crippen LogP contribution is -2.24. The summed E-state index contributed by atoms with van der Waals surface area (Å²) in [5.41, 5.74) is 1.28. The highest BCUT2D eigenvalue weighted by Gasteiger charge is 2.29. The van der Waals surface area contributed by atoms with Crippen molar-refractivity contribution in [2.45, 2.75) is 17.2 Å². The number of carbonyl (C=O) groups excluding carboxylic acids is 1. The lowest BCUT2D eigenvalue weighted by molar-refractivity contribution is -0.116. The molecule has 136 valence electrons. The molecule has 0 spiro atoms. The Labute approximate surface area is 149 Å². The monoisotopic (exact) mass is 376 g/mol. The molecular formula is C17H16N2O6S. The van der Waals surface area contributed by atoms with Gasteiger partial charge in [0, 0.05) is 24.1 Å². The van der Waals surface area contributed by atoms with Crippen LogP contribution in [0.25, 0.3) is 0 Å². The maximum absolute atomic E-state index is 12.0. The lowest BCUT2D eigenvalue weighted by Gasteiger charge is -2.26. The Morgan fingerprint density at radius 3 is 2.46 bits per heavy atom. The van der Waals surface area contributed by atoms with Crippen LogP contribution in [0.15, 0.2) is 41.3 Å². The van der Waals surface area contributed by atoms with E-state index in [4.69, 9.17) is 0 Å². The number of sulfonamides is 1. The summed E-state index contributed by atoms with van der Waals surface area (Å²) in [6.45, 7) is 0. The smallest absolute Gasteiger partial charge is 0.339 e. The van der Waals surface area contributed by atoms with Gasteiger partial charge in [-0.2, -0.15) is 0 Å². The van der Waals surface area contributed by atoms with Gasteiger partial charge in [0.2, 0.25) is 15.9 Å². The number of rotatable bonds is 4. The van der Waals surface area contributed by atoms with Crippen LogP contribution >= 0.6 is 0 Å². The fourth-order valence-electron chi connectivity index (χ4n) is 2.96. The Kier molecular flexibility index (Phi) is 4.43. The maximum atomic E-state index is 12.0. The molecule has 1 aliphatic heterocycles. The van der Waals surface area contributed by atoms with E-state index in [2.05, 4.69) is 10.0 Å². The summed E-state index contributed by atoms with van der Waals surface area (Å²) in [7, 11) is -2.27. The summed E-state index contributed by atoms with van der Waals surface area (Å²) in [4.78, 5) is 23.4. The van der Waals surface area contributed by atoms with Gasteiger partial charge in [-0.15, -0.1) is 0 Å². The number of hydrogen-bond acceptors (Lipinski definition) is 5. The van der Waals surface area contributed by atoms with E-state index >= 15 is 0 Å². The van der Waals surface area contributed by atoms with E-state index < -0.39 is 27.7 Å². The molecule has 0 radical (unpaired) electrons. The van der Waals surface area contributed by atoms with Crippen molar-refractivity contribution >= 4 is 27.6 Å². The molecule has 0 bridgehead atoms. The summed E-state index contributed by atoms with van der Waals surface area (Å²) in [5, 5.41) is 21.6. The number of amides is 1.